The van der Waals surface area contributed by atoms with Crippen LogP contribution in [-0.4, -0.2) is 9.55 Å². The fourth-order valence-corrected chi connectivity index (χ4v) is 2.26. The minimum absolute atomic E-state index is 0.391. The topological polar surface area (TPSA) is 29.9 Å². The minimum atomic E-state index is 0.391. The fraction of sp³-hybridized carbons (Fsp3) is 0.438. The average molecular weight is 257 g/mol. The summed E-state index contributed by atoms with van der Waals surface area (Å²) in [7, 11) is 2.03. The first-order valence-electron chi connectivity index (χ1n) is 7.03. The highest BCUT2D eigenvalue weighted by Gasteiger charge is 2.09. The van der Waals surface area contributed by atoms with Gasteiger partial charge in [-0.25, -0.2) is 4.98 Å². The van der Waals surface area contributed by atoms with E-state index in [1.807, 2.05) is 19.4 Å². The predicted octanol–water partition coefficient (Wildman–Crippen LogP) is 3.22. The number of imidazole rings is 1. The Balaban J connectivity index is 2.01. The van der Waals surface area contributed by atoms with Gasteiger partial charge in [0.1, 0.15) is 5.82 Å². The van der Waals surface area contributed by atoms with Gasteiger partial charge in [-0.2, -0.15) is 0 Å². The van der Waals surface area contributed by atoms with Gasteiger partial charge < -0.3 is 9.88 Å². The summed E-state index contributed by atoms with van der Waals surface area (Å²) in [6, 6.07) is 9.31. The van der Waals surface area contributed by atoms with Crippen LogP contribution in [0.1, 0.15) is 43.3 Å². The molecule has 0 aliphatic heterocycles. The van der Waals surface area contributed by atoms with Gasteiger partial charge in [-0.1, -0.05) is 38.1 Å². The Morgan fingerprint density at radius 3 is 2.47 bits per heavy atom. The van der Waals surface area contributed by atoms with E-state index in [-0.39, 0.29) is 0 Å². The van der Waals surface area contributed by atoms with Crippen molar-refractivity contribution in [3.63, 3.8) is 0 Å². The molecule has 2 aromatic rings. The monoisotopic (exact) mass is 257 g/mol. The van der Waals surface area contributed by atoms with E-state index in [9.17, 15) is 0 Å². The van der Waals surface area contributed by atoms with E-state index in [2.05, 4.69) is 53.0 Å². The lowest BCUT2D eigenvalue weighted by molar-refractivity contribution is 0.502. The Hall–Kier alpha value is -1.61. The Labute approximate surface area is 115 Å². The largest absolute Gasteiger partial charge is 0.337 e. The molecule has 1 atom stereocenters. The fourth-order valence-electron chi connectivity index (χ4n) is 2.26. The van der Waals surface area contributed by atoms with Crippen LogP contribution in [-0.2, 0) is 20.0 Å². The molecule has 102 valence electrons. The number of nitrogens with one attached hydrogen (secondary N) is 1. The first kappa shape index (κ1) is 13.8. The third-order valence-corrected chi connectivity index (χ3v) is 3.63. The number of rotatable bonds is 6. The maximum Gasteiger partial charge on any atom is 0.122 e. The van der Waals surface area contributed by atoms with Gasteiger partial charge in [-0.3, -0.25) is 0 Å². The second-order valence-electron chi connectivity index (χ2n) is 4.89. The van der Waals surface area contributed by atoms with Crippen LogP contribution in [0.2, 0.25) is 0 Å². The lowest BCUT2D eigenvalue weighted by Crippen LogP contribution is -2.22. The third kappa shape index (κ3) is 3.44. The summed E-state index contributed by atoms with van der Waals surface area (Å²) in [5.74, 6) is 1.07. The summed E-state index contributed by atoms with van der Waals surface area (Å²) < 4.78 is 2.06. The SMILES string of the molecule is CCc1ccc(C(CC)NCc2nccn2C)cc1. The van der Waals surface area contributed by atoms with E-state index >= 15 is 0 Å². The molecule has 1 heterocycles. The highest BCUT2D eigenvalue weighted by molar-refractivity contribution is 5.25. The van der Waals surface area contributed by atoms with Crippen molar-refractivity contribution < 1.29 is 0 Å². The van der Waals surface area contributed by atoms with Crippen molar-refractivity contribution in [3.8, 4) is 0 Å². The van der Waals surface area contributed by atoms with E-state index in [0.717, 1.165) is 25.2 Å². The molecule has 1 N–H and O–H groups in total. The maximum absolute atomic E-state index is 4.34. The molecule has 0 spiro atoms. The zero-order chi connectivity index (χ0) is 13.7. The van der Waals surface area contributed by atoms with Crippen LogP contribution in [0.25, 0.3) is 0 Å². The van der Waals surface area contributed by atoms with Crippen molar-refractivity contribution in [2.45, 2.75) is 39.3 Å². The number of nitrogens with zero attached hydrogens (tertiary/aromatic N) is 2. The van der Waals surface area contributed by atoms with E-state index < -0.39 is 0 Å². The van der Waals surface area contributed by atoms with Gasteiger partial charge in [-0.05, 0) is 24.0 Å². The molecule has 0 amide bonds. The first-order valence-corrected chi connectivity index (χ1v) is 7.03. The van der Waals surface area contributed by atoms with Gasteiger partial charge in [0.25, 0.3) is 0 Å². The Morgan fingerprint density at radius 1 is 1.21 bits per heavy atom. The molecule has 3 nitrogen and oxygen atoms in total. The van der Waals surface area contributed by atoms with Gasteiger partial charge in [0, 0.05) is 25.5 Å². The predicted molar refractivity (Wildman–Crippen MR) is 78.9 cm³/mol. The highest BCUT2D eigenvalue weighted by atomic mass is 15.1. The molecule has 3 heteroatoms. The zero-order valence-electron chi connectivity index (χ0n) is 12.1. The lowest BCUT2D eigenvalue weighted by atomic mass is 10.0. The van der Waals surface area contributed by atoms with E-state index in [1.54, 1.807) is 0 Å². The first-order chi connectivity index (χ1) is 9.24. The molecule has 0 fully saturated rings. The molecule has 1 unspecified atom stereocenters. The zero-order valence-corrected chi connectivity index (χ0v) is 12.1. The Bertz CT molecular complexity index is 499. The van der Waals surface area contributed by atoms with Gasteiger partial charge in [0.05, 0.1) is 6.54 Å². The van der Waals surface area contributed by atoms with Crippen LogP contribution in [0.3, 0.4) is 0 Å². The average Bonchev–Trinajstić information content (AvgIpc) is 2.86. The van der Waals surface area contributed by atoms with Crippen molar-refractivity contribution in [1.29, 1.82) is 0 Å². The molecule has 1 aromatic carbocycles. The molecule has 2 rings (SSSR count). The van der Waals surface area contributed by atoms with Gasteiger partial charge >= 0.3 is 0 Å². The summed E-state index contributed by atoms with van der Waals surface area (Å²) >= 11 is 0. The smallest absolute Gasteiger partial charge is 0.122 e. The molecular weight excluding hydrogens is 234 g/mol. The molecular formula is C16H23N3. The second-order valence-corrected chi connectivity index (χ2v) is 4.89. The number of benzene rings is 1. The van der Waals surface area contributed by atoms with Crippen LogP contribution >= 0.6 is 0 Å². The molecule has 0 bridgehead atoms. The van der Waals surface area contributed by atoms with E-state index in [1.165, 1.54) is 11.1 Å². The van der Waals surface area contributed by atoms with Crippen LogP contribution in [0.4, 0.5) is 0 Å². The summed E-state index contributed by atoms with van der Waals surface area (Å²) in [6.07, 6.45) is 6.00. The van der Waals surface area contributed by atoms with Gasteiger partial charge in [-0.15, -0.1) is 0 Å². The number of aryl methyl sites for hydroxylation is 2. The summed E-state index contributed by atoms with van der Waals surface area (Å²) in [4.78, 5) is 4.34. The number of hydrogen-bond donors (Lipinski definition) is 1. The molecule has 0 aliphatic rings. The normalized spacial score (nSPS) is 12.6. The Morgan fingerprint density at radius 2 is 1.95 bits per heavy atom. The molecule has 19 heavy (non-hydrogen) atoms. The molecule has 0 saturated heterocycles. The third-order valence-electron chi connectivity index (χ3n) is 3.63. The van der Waals surface area contributed by atoms with Crippen molar-refractivity contribution in [3.05, 3.63) is 53.6 Å². The number of aromatic nitrogens is 2. The molecule has 0 radical (unpaired) electrons. The van der Waals surface area contributed by atoms with Crippen molar-refractivity contribution in [2.75, 3.05) is 0 Å². The Kier molecular flexibility index (Phi) is 4.74. The summed E-state index contributed by atoms with van der Waals surface area (Å²) in [5.41, 5.74) is 2.75. The van der Waals surface area contributed by atoms with Crippen molar-refractivity contribution in [1.82, 2.24) is 14.9 Å². The van der Waals surface area contributed by atoms with Crippen LogP contribution in [0, 0.1) is 0 Å². The number of hydrogen-bond acceptors (Lipinski definition) is 2. The van der Waals surface area contributed by atoms with Crippen LogP contribution < -0.4 is 5.32 Å². The highest BCUT2D eigenvalue weighted by Crippen LogP contribution is 2.18. The van der Waals surface area contributed by atoms with Crippen molar-refractivity contribution >= 4 is 0 Å². The van der Waals surface area contributed by atoms with Crippen LogP contribution in [0.15, 0.2) is 36.7 Å². The second kappa shape index (κ2) is 6.53. The van der Waals surface area contributed by atoms with Crippen LogP contribution in [0.5, 0.6) is 0 Å². The summed E-state index contributed by atoms with van der Waals surface area (Å²) in [6.45, 7) is 5.20. The minimum Gasteiger partial charge on any atom is -0.337 e. The van der Waals surface area contributed by atoms with E-state index in [0.29, 0.717) is 6.04 Å². The molecule has 0 aliphatic carbocycles. The quantitative estimate of drug-likeness (QED) is 0.861. The van der Waals surface area contributed by atoms with Crippen molar-refractivity contribution in [2.24, 2.45) is 7.05 Å². The molecule has 1 aromatic heterocycles. The van der Waals surface area contributed by atoms with E-state index in [4.69, 9.17) is 0 Å². The summed E-state index contributed by atoms with van der Waals surface area (Å²) in [5, 5.41) is 3.58. The van der Waals surface area contributed by atoms with Gasteiger partial charge in [0.2, 0.25) is 0 Å². The standard InChI is InChI=1S/C16H23N3/c1-4-13-6-8-14(9-7-13)15(5-2)18-12-16-17-10-11-19(16)3/h6-11,15,18H,4-5,12H2,1-3H3. The maximum atomic E-state index is 4.34. The molecule has 0 saturated carbocycles. The lowest BCUT2D eigenvalue weighted by Gasteiger charge is -2.17. The van der Waals surface area contributed by atoms with Gasteiger partial charge in [0.15, 0.2) is 0 Å².